The summed E-state index contributed by atoms with van der Waals surface area (Å²) in [7, 11) is -3.42. The van der Waals surface area contributed by atoms with Crippen molar-refractivity contribution in [3.8, 4) is 0 Å². The first-order valence-electron chi connectivity index (χ1n) is 6.17. The van der Waals surface area contributed by atoms with Gasteiger partial charge in [0.05, 0.1) is 17.3 Å². The van der Waals surface area contributed by atoms with Crippen LogP contribution in [0.25, 0.3) is 0 Å². The zero-order chi connectivity index (χ0) is 14.3. The fourth-order valence-electron chi connectivity index (χ4n) is 1.71. The van der Waals surface area contributed by atoms with Gasteiger partial charge >= 0.3 is 0 Å². The van der Waals surface area contributed by atoms with Crippen molar-refractivity contribution >= 4 is 15.7 Å². The first kappa shape index (κ1) is 15.7. The summed E-state index contributed by atoms with van der Waals surface area (Å²) in [6.07, 6.45) is -0.0644. The number of rotatable bonds is 7. The second-order valence-corrected chi connectivity index (χ2v) is 6.19. The average molecular weight is 285 g/mol. The maximum atomic E-state index is 12.0. The fraction of sp³-hybridized carbons (Fsp3) is 0.462. The quantitative estimate of drug-likeness (QED) is 0.800. The van der Waals surface area contributed by atoms with Gasteiger partial charge in [-0.05, 0) is 19.1 Å². The van der Waals surface area contributed by atoms with Crippen LogP contribution in [-0.4, -0.2) is 49.8 Å². The molecule has 1 amide bonds. The number of amides is 1. The third kappa shape index (κ3) is 4.65. The van der Waals surface area contributed by atoms with E-state index >= 15 is 0 Å². The van der Waals surface area contributed by atoms with E-state index in [1.807, 2.05) is 0 Å². The van der Waals surface area contributed by atoms with Crippen LogP contribution in [0.15, 0.2) is 35.2 Å². The van der Waals surface area contributed by atoms with Gasteiger partial charge in [0.15, 0.2) is 9.84 Å². The van der Waals surface area contributed by atoms with E-state index in [1.54, 1.807) is 25.1 Å². The van der Waals surface area contributed by atoms with Gasteiger partial charge in [-0.15, -0.1) is 0 Å². The molecule has 0 spiro atoms. The minimum absolute atomic E-state index is 0.0644. The molecule has 106 valence electrons. The molecule has 1 rings (SSSR count). The number of sulfone groups is 1. The van der Waals surface area contributed by atoms with Crippen LogP contribution in [0.5, 0.6) is 0 Å². The van der Waals surface area contributed by atoms with Crippen LogP contribution in [0.1, 0.15) is 13.3 Å². The molecule has 0 radical (unpaired) electrons. The number of benzene rings is 1. The molecule has 0 atom stereocenters. The van der Waals surface area contributed by atoms with Crippen molar-refractivity contribution in [2.24, 2.45) is 0 Å². The van der Waals surface area contributed by atoms with Crippen molar-refractivity contribution < 1.29 is 18.3 Å². The van der Waals surface area contributed by atoms with Gasteiger partial charge in [0.25, 0.3) is 0 Å². The van der Waals surface area contributed by atoms with Crippen molar-refractivity contribution in [3.05, 3.63) is 30.3 Å². The lowest BCUT2D eigenvalue weighted by molar-refractivity contribution is -0.131. The molecular weight excluding hydrogens is 266 g/mol. The Morgan fingerprint density at radius 2 is 1.89 bits per heavy atom. The van der Waals surface area contributed by atoms with Crippen molar-refractivity contribution in [1.29, 1.82) is 0 Å². The van der Waals surface area contributed by atoms with Crippen LogP contribution >= 0.6 is 0 Å². The summed E-state index contributed by atoms with van der Waals surface area (Å²) >= 11 is 0. The molecule has 0 aliphatic heterocycles. The Hall–Kier alpha value is -1.40. The van der Waals surface area contributed by atoms with E-state index in [9.17, 15) is 13.2 Å². The Morgan fingerprint density at radius 1 is 1.26 bits per heavy atom. The molecule has 0 aliphatic rings. The molecule has 0 bridgehead atoms. The fourth-order valence-corrected chi connectivity index (χ4v) is 2.96. The van der Waals surface area contributed by atoms with Crippen LogP contribution in [0.4, 0.5) is 0 Å². The molecule has 0 saturated heterocycles. The zero-order valence-electron chi connectivity index (χ0n) is 10.9. The summed E-state index contributed by atoms with van der Waals surface area (Å²) in [6, 6.07) is 8.08. The number of aliphatic hydroxyl groups is 1. The van der Waals surface area contributed by atoms with Crippen LogP contribution in [0.2, 0.25) is 0 Å². The second-order valence-electron chi connectivity index (χ2n) is 4.08. The van der Waals surface area contributed by atoms with Gasteiger partial charge in [-0.25, -0.2) is 8.42 Å². The largest absolute Gasteiger partial charge is 0.395 e. The molecule has 0 saturated carbocycles. The number of hydrogen-bond acceptors (Lipinski definition) is 4. The van der Waals surface area contributed by atoms with Crippen molar-refractivity contribution in [2.45, 2.75) is 18.2 Å². The summed E-state index contributed by atoms with van der Waals surface area (Å²) in [4.78, 5) is 13.5. The van der Waals surface area contributed by atoms with Gasteiger partial charge in [0, 0.05) is 19.5 Å². The molecule has 5 nitrogen and oxygen atoms in total. The minimum atomic E-state index is -3.42. The van der Waals surface area contributed by atoms with E-state index in [0.717, 1.165) is 0 Å². The molecule has 1 aromatic carbocycles. The molecule has 0 heterocycles. The number of carbonyl (C=O) groups excluding carboxylic acids is 1. The third-order valence-corrected chi connectivity index (χ3v) is 4.52. The predicted octanol–water partition coefficient (Wildman–Crippen LogP) is 0.691. The van der Waals surface area contributed by atoms with Crippen molar-refractivity contribution in [3.63, 3.8) is 0 Å². The lowest BCUT2D eigenvalue weighted by Gasteiger charge is -2.19. The lowest BCUT2D eigenvalue weighted by Crippen LogP contribution is -2.34. The summed E-state index contributed by atoms with van der Waals surface area (Å²) in [5.74, 6) is -0.464. The topological polar surface area (TPSA) is 74.7 Å². The Kier molecular flexibility index (Phi) is 5.98. The molecule has 19 heavy (non-hydrogen) atoms. The van der Waals surface area contributed by atoms with Gasteiger partial charge in [-0.2, -0.15) is 0 Å². The first-order valence-corrected chi connectivity index (χ1v) is 7.83. The van der Waals surface area contributed by atoms with Gasteiger partial charge in [-0.1, -0.05) is 18.2 Å². The zero-order valence-corrected chi connectivity index (χ0v) is 11.8. The van der Waals surface area contributed by atoms with Crippen LogP contribution < -0.4 is 0 Å². The van der Waals surface area contributed by atoms with E-state index in [4.69, 9.17) is 5.11 Å². The van der Waals surface area contributed by atoms with E-state index in [2.05, 4.69) is 0 Å². The molecule has 1 N–H and O–H groups in total. The highest BCUT2D eigenvalue weighted by Gasteiger charge is 2.18. The van der Waals surface area contributed by atoms with Gasteiger partial charge in [-0.3, -0.25) is 4.79 Å². The SMILES string of the molecule is CCN(CCO)C(=O)CCS(=O)(=O)c1ccccc1. The van der Waals surface area contributed by atoms with Gasteiger partial charge < -0.3 is 10.0 Å². The van der Waals surface area contributed by atoms with E-state index in [0.29, 0.717) is 6.54 Å². The molecule has 0 fully saturated rings. The van der Waals surface area contributed by atoms with Crippen LogP contribution in [0.3, 0.4) is 0 Å². The molecule has 0 aliphatic carbocycles. The summed E-state index contributed by atoms with van der Waals surface area (Å²) in [5, 5.41) is 8.81. The maximum absolute atomic E-state index is 12.0. The Morgan fingerprint density at radius 3 is 2.42 bits per heavy atom. The lowest BCUT2D eigenvalue weighted by atomic mass is 10.4. The standard InChI is InChI=1S/C13H19NO4S/c1-2-14(9-10-15)13(16)8-11-19(17,18)12-6-4-3-5-7-12/h3-7,15H,2,8-11H2,1H3. The molecule has 1 aromatic rings. The van der Waals surface area contributed by atoms with Gasteiger partial charge in [0.2, 0.25) is 5.91 Å². The number of nitrogens with zero attached hydrogens (tertiary/aromatic N) is 1. The van der Waals surface area contributed by atoms with Crippen LogP contribution in [-0.2, 0) is 14.6 Å². The Bertz CT molecular complexity index is 499. The smallest absolute Gasteiger partial charge is 0.223 e. The summed E-state index contributed by atoms with van der Waals surface area (Å²) in [6.45, 7) is 2.37. The summed E-state index contributed by atoms with van der Waals surface area (Å²) < 4.78 is 24.0. The van der Waals surface area contributed by atoms with Crippen molar-refractivity contribution in [1.82, 2.24) is 4.90 Å². The highest BCUT2D eigenvalue weighted by atomic mass is 32.2. The van der Waals surface area contributed by atoms with E-state index in [-0.39, 0.29) is 36.1 Å². The average Bonchev–Trinajstić information content (AvgIpc) is 2.43. The summed E-state index contributed by atoms with van der Waals surface area (Å²) in [5.41, 5.74) is 0. The number of hydrogen-bond donors (Lipinski definition) is 1. The highest BCUT2D eigenvalue weighted by Crippen LogP contribution is 2.11. The monoisotopic (exact) mass is 285 g/mol. The number of aliphatic hydroxyl groups excluding tert-OH is 1. The van der Waals surface area contributed by atoms with Crippen LogP contribution in [0, 0.1) is 0 Å². The molecule has 0 unspecified atom stereocenters. The van der Waals surface area contributed by atoms with Crippen molar-refractivity contribution in [2.75, 3.05) is 25.4 Å². The maximum Gasteiger partial charge on any atom is 0.223 e. The molecule has 0 aromatic heterocycles. The second kappa shape index (κ2) is 7.25. The Balaban J connectivity index is 2.64. The Labute approximate surface area is 113 Å². The number of likely N-dealkylation sites (N-methyl/N-ethyl adjacent to an activating group) is 1. The first-order chi connectivity index (χ1) is 9.01. The minimum Gasteiger partial charge on any atom is -0.395 e. The molecule has 6 heteroatoms. The van der Waals surface area contributed by atoms with E-state index < -0.39 is 9.84 Å². The number of carbonyl (C=O) groups is 1. The van der Waals surface area contributed by atoms with Gasteiger partial charge in [0.1, 0.15) is 0 Å². The highest BCUT2D eigenvalue weighted by molar-refractivity contribution is 7.91. The third-order valence-electron chi connectivity index (χ3n) is 2.79. The normalized spacial score (nSPS) is 11.3. The molecular formula is C13H19NO4S. The predicted molar refractivity (Wildman–Crippen MR) is 72.5 cm³/mol. The van der Waals surface area contributed by atoms with E-state index in [1.165, 1.54) is 17.0 Å².